The van der Waals surface area contributed by atoms with Crippen LogP contribution in [0.2, 0.25) is 0 Å². The van der Waals surface area contributed by atoms with Gasteiger partial charge in [0.05, 0.1) is 13.2 Å². The van der Waals surface area contributed by atoms with Crippen LogP contribution >= 0.6 is 0 Å². The van der Waals surface area contributed by atoms with E-state index in [0.717, 1.165) is 30.8 Å². The number of hydrogen-bond acceptors (Lipinski definition) is 3. The molecule has 3 nitrogen and oxygen atoms in total. The van der Waals surface area contributed by atoms with Crippen molar-refractivity contribution >= 4 is 0 Å². The maximum Gasteiger partial charge on any atom is 0.161 e. The van der Waals surface area contributed by atoms with Gasteiger partial charge >= 0.3 is 0 Å². The second-order valence-electron chi connectivity index (χ2n) is 5.97. The number of methoxy groups -OCH3 is 1. The first-order valence-corrected chi connectivity index (χ1v) is 6.99. The summed E-state index contributed by atoms with van der Waals surface area (Å²) < 4.78 is 11.3. The second-order valence-corrected chi connectivity index (χ2v) is 5.97. The second kappa shape index (κ2) is 5.41. The van der Waals surface area contributed by atoms with Crippen LogP contribution in [0.5, 0.6) is 11.5 Å². The molecule has 0 aromatic heterocycles. The Balaban J connectivity index is 2.15. The zero-order valence-electron chi connectivity index (χ0n) is 12.3. The highest BCUT2D eigenvalue weighted by Crippen LogP contribution is 2.40. The Morgan fingerprint density at radius 3 is 2.58 bits per heavy atom. The molecule has 1 N–H and O–H groups in total. The first-order chi connectivity index (χ1) is 8.97. The molecule has 0 aliphatic heterocycles. The summed E-state index contributed by atoms with van der Waals surface area (Å²) in [6.45, 7) is 6.27. The molecule has 19 heavy (non-hydrogen) atoms. The van der Waals surface area contributed by atoms with Crippen LogP contribution in [0.4, 0.5) is 0 Å². The van der Waals surface area contributed by atoms with Crippen LogP contribution in [-0.4, -0.2) is 24.4 Å². The third-order valence-electron chi connectivity index (χ3n) is 4.14. The van der Waals surface area contributed by atoms with E-state index in [0.29, 0.717) is 0 Å². The van der Waals surface area contributed by atoms with Crippen molar-refractivity contribution < 1.29 is 14.6 Å². The molecular formula is C16H24O3. The summed E-state index contributed by atoms with van der Waals surface area (Å²) in [5.74, 6) is 1.47. The SMILES string of the molecule is CCc1ccc(OC2CCC(C)(C)C2O)c(OC)c1. The van der Waals surface area contributed by atoms with Crippen LogP contribution in [0.15, 0.2) is 18.2 Å². The topological polar surface area (TPSA) is 38.7 Å². The third-order valence-corrected chi connectivity index (χ3v) is 4.14. The summed E-state index contributed by atoms with van der Waals surface area (Å²) in [5, 5.41) is 10.3. The van der Waals surface area contributed by atoms with Crippen LogP contribution < -0.4 is 9.47 Å². The number of rotatable bonds is 4. The van der Waals surface area contributed by atoms with E-state index in [9.17, 15) is 5.11 Å². The van der Waals surface area contributed by atoms with E-state index in [1.807, 2.05) is 18.2 Å². The van der Waals surface area contributed by atoms with Crippen molar-refractivity contribution in [2.45, 2.75) is 52.2 Å². The Kier molecular flexibility index (Phi) is 4.04. The van der Waals surface area contributed by atoms with E-state index in [1.165, 1.54) is 5.56 Å². The minimum atomic E-state index is -0.428. The average molecular weight is 264 g/mol. The van der Waals surface area contributed by atoms with Crippen molar-refractivity contribution in [1.29, 1.82) is 0 Å². The lowest BCUT2D eigenvalue weighted by Crippen LogP contribution is -2.34. The van der Waals surface area contributed by atoms with Crippen molar-refractivity contribution in [3.8, 4) is 11.5 Å². The van der Waals surface area contributed by atoms with Gasteiger partial charge in [-0.1, -0.05) is 26.8 Å². The number of aliphatic hydroxyl groups excluding tert-OH is 1. The minimum absolute atomic E-state index is 0.0682. The zero-order valence-corrected chi connectivity index (χ0v) is 12.3. The standard InChI is InChI=1S/C16H24O3/c1-5-11-6-7-12(14(10-11)18-4)19-13-8-9-16(2,3)15(13)17/h6-7,10,13,15,17H,5,8-9H2,1-4H3. The quantitative estimate of drug-likeness (QED) is 0.907. The molecule has 1 saturated carbocycles. The average Bonchev–Trinajstić information content (AvgIpc) is 2.66. The fraction of sp³-hybridized carbons (Fsp3) is 0.625. The van der Waals surface area contributed by atoms with Crippen molar-refractivity contribution in [3.63, 3.8) is 0 Å². The Morgan fingerprint density at radius 2 is 2.05 bits per heavy atom. The van der Waals surface area contributed by atoms with Gasteiger partial charge in [0.15, 0.2) is 11.5 Å². The van der Waals surface area contributed by atoms with E-state index >= 15 is 0 Å². The molecule has 2 atom stereocenters. The number of aliphatic hydroxyl groups is 1. The summed E-state index contributed by atoms with van der Waals surface area (Å²) in [6.07, 6.45) is 2.26. The van der Waals surface area contributed by atoms with Gasteiger partial charge in [0, 0.05) is 0 Å². The molecule has 1 aromatic rings. The lowest BCUT2D eigenvalue weighted by atomic mass is 9.89. The summed E-state index contributed by atoms with van der Waals surface area (Å²) >= 11 is 0. The first-order valence-electron chi connectivity index (χ1n) is 6.99. The van der Waals surface area contributed by atoms with Crippen molar-refractivity contribution in [2.24, 2.45) is 5.41 Å². The number of aryl methyl sites for hydroxylation is 1. The van der Waals surface area contributed by atoms with Gasteiger partial charge in [-0.3, -0.25) is 0 Å². The molecule has 2 rings (SSSR count). The van der Waals surface area contributed by atoms with Gasteiger partial charge in [0.1, 0.15) is 6.10 Å². The van der Waals surface area contributed by atoms with Crippen molar-refractivity contribution in [1.82, 2.24) is 0 Å². The minimum Gasteiger partial charge on any atom is -0.493 e. The van der Waals surface area contributed by atoms with E-state index in [-0.39, 0.29) is 11.5 Å². The lowest BCUT2D eigenvalue weighted by Gasteiger charge is -2.26. The van der Waals surface area contributed by atoms with Gasteiger partial charge in [-0.05, 0) is 42.4 Å². The normalized spacial score (nSPS) is 25.3. The molecule has 1 fully saturated rings. The molecule has 3 heteroatoms. The largest absolute Gasteiger partial charge is 0.493 e. The molecule has 1 aliphatic rings. The lowest BCUT2D eigenvalue weighted by molar-refractivity contribution is 0.00403. The third kappa shape index (κ3) is 2.86. The van der Waals surface area contributed by atoms with E-state index in [4.69, 9.17) is 9.47 Å². The van der Waals surface area contributed by atoms with Gasteiger partial charge in [-0.15, -0.1) is 0 Å². The van der Waals surface area contributed by atoms with Crippen molar-refractivity contribution in [3.05, 3.63) is 23.8 Å². The molecule has 0 bridgehead atoms. The van der Waals surface area contributed by atoms with Crippen molar-refractivity contribution in [2.75, 3.05) is 7.11 Å². The van der Waals surface area contributed by atoms with Crippen LogP contribution in [0.3, 0.4) is 0 Å². The zero-order chi connectivity index (χ0) is 14.0. The van der Waals surface area contributed by atoms with E-state index < -0.39 is 6.10 Å². The molecule has 106 valence electrons. The number of ether oxygens (including phenoxy) is 2. The molecule has 1 aromatic carbocycles. The maximum atomic E-state index is 10.3. The molecule has 0 saturated heterocycles. The molecule has 1 aliphatic carbocycles. The molecule has 0 amide bonds. The molecule has 0 spiro atoms. The van der Waals surface area contributed by atoms with Gasteiger partial charge in [0.2, 0.25) is 0 Å². The summed E-state index contributed by atoms with van der Waals surface area (Å²) in [7, 11) is 1.65. The molecule has 0 radical (unpaired) electrons. The summed E-state index contributed by atoms with van der Waals surface area (Å²) in [6, 6.07) is 5.99. The Bertz CT molecular complexity index is 440. The highest BCUT2D eigenvalue weighted by atomic mass is 16.5. The van der Waals surface area contributed by atoms with Gasteiger partial charge < -0.3 is 14.6 Å². The Hall–Kier alpha value is -1.22. The monoisotopic (exact) mass is 264 g/mol. The maximum absolute atomic E-state index is 10.3. The fourth-order valence-electron chi connectivity index (χ4n) is 2.64. The Labute approximate surface area is 115 Å². The summed E-state index contributed by atoms with van der Waals surface area (Å²) in [5.41, 5.74) is 1.15. The van der Waals surface area contributed by atoms with Crippen LogP contribution in [0.1, 0.15) is 39.2 Å². The number of hydrogen-bond donors (Lipinski definition) is 1. The van der Waals surface area contributed by atoms with Crippen LogP contribution in [0.25, 0.3) is 0 Å². The van der Waals surface area contributed by atoms with Gasteiger partial charge in [-0.2, -0.15) is 0 Å². The van der Waals surface area contributed by atoms with E-state index in [1.54, 1.807) is 7.11 Å². The van der Waals surface area contributed by atoms with Crippen LogP contribution in [0, 0.1) is 5.41 Å². The molecular weight excluding hydrogens is 240 g/mol. The first kappa shape index (κ1) is 14.2. The van der Waals surface area contributed by atoms with E-state index in [2.05, 4.69) is 20.8 Å². The number of benzene rings is 1. The Morgan fingerprint density at radius 1 is 1.32 bits per heavy atom. The summed E-state index contributed by atoms with van der Waals surface area (Å²) in [4.78, 5) is 0. The smallest absolute Gasteiger partial charge is 0.161 e. The van der Waals surface area contributed by atoms with Gasteiger partial charge in [0.25, 0.3) is 0 Å². The predicted octanol–water partition coefficient (Wildman–Crippen LogP) is 3.19. The highest BCUT2D eigenvalue weighted by molar-refractivity contribution is 5.43. The van der Waals surface area contributed by atoms with Gasteiger partial charge in [-0.25, -0.2) is 0 Å². The molecule has 2 unspecified atom stereocenters. The van der Waals surface area contributed by atoms with Crippen LogP contribution in [-0.2, 0) is 6.42 Å². The predicted molar refractivity (Wildman–Crippen MR) is 75.8 cm³/mol. The molecule has 0 heterocycles. The fourth-order valence-corrected chi connectivity index (χ4v) is 2.64. The highest BCUT2D eigenvalue weighted by Gasteiger charge is 2.42.